The summed E-state index contributed by atoms with van der Waals surface area (Å²) in [7, 11) is 0. The molecule has 0 spiro atoms. The van der Waals surface area contributed by atoms with E-state index in [9.17, 15) is 4.79 Å². The van der Waals surface area contributed by atoms with Crippen LogP contribution in [0.25, 0.3) is 12.2 Å². The molecule has 1 heterocycles. The van der Waals surface area contributed by atoms with Crippen molar-refractivity contribution >= 4 is 41.1 Å². The maximum absolute atomic E-state index is 13.3. The second-order valence-electron chi connectivity index (χ2n) is 7.34. The fourth-order valence-electron chi connectivity index (χ4n) is 3.62. The number of ketones is 1. The number of nitrogens with zero attached hydrogens (tertiary/aromatic N) is 1. The van der Waals surface area contributed by atoms with Crippen LogP contribution in [0.5, 0.6) is 0 Å². The first-order valence-electron chi connectivity index (χ1n) is 9.81. The first-order chi connectivity index (χ1) is 14.6. The fraction of sp³-hybridized carbons (Fsp3) is 0.115. The Morgan fingerprint density at radius 1 is 0.700 bits per heavy atom. The van der Waals surface area contributed by atoms with Crippen LogP contribution in [0.15, 0.2) is 90.0 Å². The third kappa shape index (κ3) is 4.91. The Hall–Kier alpha value is -2.65. The number of piperidine rings is 1. The van der Waals surface area contributed by atoms with Crippen LogP contribution in [0, 0.1) is 0 Å². The van der Waals surface area contributed by atoms with Crippen LogP contribution in [0.4, 0.5) is 0 Å². The van der Waals surface area contributed by atoms with Crippen molar-refractivity contribution in [1.82, 2.24) is 4.90 Å². The van der Waals surface area contributed by atoms with Crippen LogP contribution in [-0.4, -0.2) is 23.8 Å². The van der Waals surface area contributed by atoms with Crippen LogP contribution in [0.2, 0.25) is 10.0 Å². The number of Topliss-reactive ketones (excluding diaryl/α,β-unsaturated/α-hetero) is 1. The summed E-state index contributed by atoms with van der Waals surface area (Å²) in [4.78, 5) is 15.6. The molecule has 0 aromatic heterocycles. The van der Waals surface area contributed by atoms with E-state index in [2.05, 4.69) is 17.0 Å². The van der Waals surface area contributed by atoms with Crippen molar-refractivity contribution in [1.29, 1.82) is 0 Å². The molecule has 1 aliphatic rings. The summed E-state index contributed by atoms with van der Waals surface area (Å²) in [6.07, 6.45) is 3.81. The molecular formula is C26H21Cl2NO. The average Bonchev–Trinajstić information content (AvgIpc) is 2.75. The van der Waals surface area contributed by atoms with Crippen molar-refractivity contribution in [3.63, 3.8) is 0 Å². The van der Waals surface area contributed by atoms with Gasteiger partial charge in [0, 0.05) is 40.8 Å². The molecule has 1 fully saturated rings. The van der Waals surface area contributed by atoms with E-state index in [1.165, 1.54) is 5.56 Å². The first-order valence-corrected chi connectivity index (χ1v) is 10.6. The summed E-state index contributed by atoms with van der Waals surface area (Å²) in [5, 5.41) is 1.27. The van der Waals surface area contributed by atoms with Gasteiger partial charge in [-0.05, 0) is 41.0 Å². The van der Waals surface area contributed by atoms with E-state index in [-0.39, 0.29) is 5.78 Å². The molecule has 0 saturated carbocycles. The summed E-state index contributed by atoms with van der Waals surface area (Å²) < 4.78 is 0. The number of benzene rings is 3. The van der Waals surface area contributed by atoms with E-state index in [1.54, 1.807) is 0 Å². The third-order valence-electron chi connectivity index (χ3n) is 5.09. The largest absolute Gasteiger partial charge is 0.290 e. The minimum Gasteiger partial charge on any atom is -0.290 e. The van der Waals surface area contributed by atoms with Gasteiger partial charge in [0.25, 0.3) is 0 Å². The molecule has 0 N–H and O–H groups in total. The summed E-state index contributed by atoms with van der Waals surface area (Å²) in [5.41, 5.74) is 4.36. The summed E-state index contributed by atoms with van der Waals surface area (Å²) in [6, 6.07) is 25.4. The summed E-state index contributed by atoms with van der Waals surface area (Å²) >= 11 is 12.7. The minimum absolute atomic E-state index is 0.0409. The predicted octanol–water partition coefficient (Wildman–Crippen LogP) is 6.55. The van der Waals surface area contributed by atoms with Gasteiger partial charge in [-0.2, -0.15) is 0 Å². The van der Waals surface area contributed by atoms with E-state index in [4.69, 9.17) is 23.2 Å². The third-order valence-corrected chi connectivity index (χ3v) is 5.78. The molecule has 1 aliphatic heterocycles. The maximum Gasteiger partial charge on any atom is 0.187 e. The highest BCUT2D eigenvalue weighted by Gasteiger charge is 2.26. The Morgan fingerprint density at radius 2 is 1.17 bits per heavy atom. The molecule has 4 heteroatoms. The van der Waals surface area contributed by atoms with Gasteiger partial charge < -0.3 is 0 Å². The van der Waals surface area contributed by atoms with Crippen molar-refractivity contribution < 1.29 is 4.79 Å². The minimum atomic E-state index is 0.0409. The maximum atomic E-state index is 13.3. The molecule has 150 valence electrons. The van der Waals surface area contributed by atoms with Gasteiger partial charge >= 0.3 is 0 Å². The Labute approximate surface area is 187 Å². The lowest BCUT2D eigenvalue weighted by atomic mass is 9.94. The van der Waals surface area contributed by atoms with Gasteiger partial charge in [0.15, 0.2) is 5.78 Å². The van der Waals surface area contributed by atoms with Crippen LogP contribution in [-0.2, 0) is 11.3 Å². The van der Waals surface area contributed by atoms with Crippen LogP contribution in [0.3, 0.4) is 0 Å². The fourth-order valence-corrected chi connectivity index (χ4v) is 4.00. The van der Waals surface area contributed by atoms with Gasteiger partial charge in [0.05, 0.1) is 0 Å². The quantitative estimate of drug-likeness (QED) is 0.435. The summed E-state index contributed by atoms with van der Waals surface area (Å²) in [5.74, 6) is 0.0409. The Morgan fingerprint density at radius 3 is 1.67 bits per heavy atom. The molecule has 2 nitrogen and oxygen atoms in total. The molecule has 3 aromatic rings. The SMILES string of the molecule is O=C1/C(=C/c2ccccc2Cl)CN(Cc2ccccc2)C/C1=C\c1ccccc1Cl. The lowest BCUT2D eigenvalue weighted by Crippen LogP contribution is -2.37. The number of halogens is 2. The van der Waals surface area contributed by atoms with E-state index in [0.717, 1.165) is 28.8 Å². The highest BCUT2D eigenvalue weighted by molar-refractivity contribution is 6.33. The van der Waals surface area contributed by atoms with E-state index < -0.39 is 0 Å². The molecule has 0 amide bonds. The van der Waals surface area contributed by atoms with Gasteiger partial charge in [-0.3, -0.25) is 9.69 Å². The van der Waals surface area contributed by atoms with E-state index in [0.29, 0.717) is 23.1 Å². The van der Waals surface area contributed by atoms with Gasteiger partial charge in [-0.25, -0.2) is 0 Å². The van der Waals surface area contributed by atoms with Gasteiger partial charge in [0.1, 0.15) is 0 Å². The van der Waals surface area contributed by atoms with Crippen molar-refractivity contribution in [2.24, 2.45) is 0 Å². The first kappa shape index (κ1) is 20.6. The standard InChI is InChI=1S/C26H21Cl2NO/c27-24-12-6-4-10-20(24)14-22-17-29(16-19-8-2-1-3-9-19)18-23(26(22)30)15-21-11-5-7-13-25(21)28/h1-15H,16-18H2/b22-14+,23-15+. The van der Waals surface area contributed by atoms with Crippen LogP contribution in [0.1, 0.15) is 16.7 Å². The van der Waals surface area contributed by atoms with E-state index in [1.807, 2.05) is 78.9 Å². The molecule has 1 saturated heterocycles. The molecule has 0 radical (unpaired) electrons. The van der Waals surface area contributed by atoms with Crippen molar-refractivity contribution in [3.05, 3.63) is 117 Å². The zero-order valence-electron chi connectivity index (χ0n) is 16.4. The molecular weight excluding hydrogens is 413 g/mol. The number of carbonyl (C=O) groups is 1. The predicted molar refractivity (Wildman–Crippen MR) is 126 cm³/mol. The van der Waals surface area contributed by atoms with Crippen LogP contribution >= 0.6 is 23.2 Å². The lowest BCUT2D eigenvalue weighted by molar-refractivity contribution is -0.113. The normalized spacial score (nSPS) is 17.6. The number of hydrogen-bond donors (Lipinski definition) is 0. The zero-order chi connectivity index (χ0) is 20.9. The molecule has 3 aromatic carbocycles. The number of hydrogen-bond acceptors (Lipinski definition) is 2. The second kappa shape index (κ2) is 9.44. The number of likely N-dealkylation sites (tertiary alicyclic amines) is 1. The van der Waals surface area contributed by atoms with Gasteiger partial charge in [-0.15, -0.1) is 0 Å². The smallest absolute Gasteiger partial charge is 0.187 e. The Balaban J connectivity index is 1.71. The topological polar surface area (TPSA) is 20.3 Å². The van der Waals surface area contributed by atoms with Crippen molar-refractivity contribution in [2.45, 2.75) is 6.54 Å². The molecule has 0 aliphatic carbocycles. The Bertz CT molecular complexity index is 1050. The van der Waals surface area contributed by atoms with Crippen molar-refractivity contribution in [2.75, 3.05) is 13.1 Å². The molecule has 0 atom stereocenters. The zero-order valence-corrected chi connectivity index (χ0v) is 17.9. The van der Waals surface area contributed by atoms with Gasteiger partial charge in [0.2, 0.25) is 0 Å². The molecule has 30 heavy (non-hydrogen) atoms. The second-order valence-corrected chi connectivity index (χ2v) is 8.16. The average molecular weight is 434 g/mol. The lowest BCUT2D eigenvalue weighted by Gasteiger charge is -2.30. The summed E-state index contributed by atoms with van der Waals surface area (Å²) in [6.45, 7) is 1.89. The highest BCUT2D eigenvalue weighted by atomic mass is 35.5. The molecule has 0 bridgehead atoms. The highest BCUT2D eigenvalue weighted by Crippen LogP contribution is 2.27. The monoisotopic (exact) mass is 433 g/mol. The van der Waals surface area contributed by atoms with E-state index >= 15 is 0 Å². The van der Waals surface area contributed by atoms with Crippen LogP contribution < -0.4 is 0 Å². The van der Waals surface area contributed by atoms with Gasteiger partial charge in [-0.1, -0.05) is 89.9 Å². The molecule has 0 unspecified atom stereocenters. The molecule has 4 rings (SSSR count). The number of carbonyl (C=O) groups excluding carboxylic acids is 1. The Kier molecular flexibility index (Phi) is 6.49. The van der Waals surface area contributed by atoms with Crippen molar-refractivity contribution in [3.8, 4) is 0 Å². The number of rotatable bonds is 4.